The summed E-state index contributed by atoms with van der Waals surface area (Å²) in [5, 5.41) is 6.56. The van der Waals surface area contributed by atoms with Gasteiger partial charge in [0.1, 0.15) is 21.7 Å². The normalized spacial score (nSPS) is 17.1. The standard InChI is InChI=1S/C28H18Cl3F6N3O3/c1-2-3-20(41)40-24-18(33)8-9-19(23(24)34)39-25(42)14-11-13(5-6-16(14)29)38-26(43)22-21(27(22,30)31)12-4-7-17(32)15(10-12)28(35,36)37/h2,4-11,21-22H,1,3H2,(H,38,43)(H,39,42)(H,40,41)/t21-,22+/m0/s1. The van der Waals surface area contributed by atoms with E-state index < -0.39 is 74.5 Å². The van der Waals surface area contributed by atoms with E-state index in [1.54, 1.807) is 0 Å². The van der Waals surface area contributed by atoms with Crippen molar-refractivity contribution in [3.8, 4) is 0 Å². The molecule has 0 aliphatic heterocycles. The Kier molecular flexibility index (Phi) is 9.05. The fourth-order valence-electron chi connectivity index (χ4n) is 4.29. The van der Waals surface area contributed by atoms with Gasteiger partial charge in [0.2, 0.25) is 11.8 Å². The summed E-state index contributed by atoms with van der Waals surface area (Å²) in [6.07, 6.45) is -4.00. The molecule has 0 heterocycles. The van der Waals surface area contributed by atoms with Crippen molar-refractivity contribution in [2.75, 3.05) is 16.0 Å². The summed E-state index contributed by atoms with van der Waals surface area (Å²) in [5.41, 5.74) is -3.23. The molecule has 3 amide bonds. The molecule has 3 aromatic rings. The summed E-state index contributed by atoms with van der Waals surface area (Å²) in [6, 6.07) is 7.54. The van der Waals surface area contributed by atoms with E-state index in [0.29, 0.717) is 12.1 Å². The monoisotopic (exact) mass is 663 g/mol. The molecule has 43 heavy (non-hydrogen) atoms. The molecule has 226 valence electrons. The molecule has 15 heteroatoms. The van der Waals surface area contributed by atoms with Crippen LogP contribution >= 0.6 is 34.8 Å². The SMILES string of the molecule is C=CCC(=O)Nc1c(F)ccc(NC(=O)c2cc(NC(=O)[C@H]3[C@H](c4ccc(F)c(C(F)(F)F)c4)C3(Cl)Cl)ccc2Cl)c1F. The van der Waals surface area contributed by atoms with Crippen LogP contribution in [-0.2, 0) is 15.8 Å². The van der Waals surface area contributed by atoms with Crippen molar-refractivity contribution in [2.24, 2.45) is 5.92 Å². The zero-order valence-corrected chi connectivity index (χ0v) is 23.7. The lowest BCUT2D eigenvalue weighted by Gasteiger charge is -2.13. The Morgan fingerprint density at radius 3 is 2.26 bits per heavy atom. The maximum Gasteiger partial charge on any atom is 0.419 e. The van der Waals surface area contributed by atoms with Gasteiger partial charge in [0, 0.05) is 18.0 Å². The maximum absolute atomic E-state index is 14.9. The molecule has 0 radical (unpaired) electrons. The maximum atomic E-state index is 14.9. The molecule has 1 aliphatic rings. The summed E-state index contributed by atoms with van der Waals surface area (Å²) >= 11 is 18.5. The fraction of sp³-hybridized carbons (Fsp3) is 0.179. The van der Waals surface area contributed by atoms with Crippen molar-refractivity contribution < 1.29 is 40.7 Å². The summed E-state index contributed by atoms with van der Waals surface area (Å²) < 4.78 is 80.5. The van der Waals surface area contributed by atoms with E-state index in [-0.39, 0.29) is 28.3 Å². The second-order valence-corrected chi connectivity index (χ2v) is 11.2. The number of alkyl halides is 5. The van der Waals surface area contributed by atoms with Gasteiger partial charge in [-0.25, -0.2) is 13.2 Å². The fourth-order valence-corrected chi connectivity index (χ4v) is 5.32. The lowest BCUT2D eigenvalue weighted by molar-refractivity contribution is -0.140. The van der Waals surface area contributed by atoms with Gasteiger partial charge in [-0.05, 0) is 48.0 Å². The number of halogens is 9. The molecule has 0 unspecified atom stereocenters. The third-order valence-electron chi connectivity index (χ3n) is 6.40. The molecule has 1 saturated carbocycles. The van der Waals surface area contributed by atoms with Crippen LogP contribution in [0.25, 0.3) is 0 Å². The van der Waals surface area contributed by atoms with E-state index in [9.17, 15) is 40.7 Å². The van der Waals surface area contributed by atoms with Crippen LogP contribution in [0.2, 0.25) is 5.02 Å². The Balaban J connectivity index is 1.52. The zero-order valence-electron chi connectivity index (χ0n) is 21.4. The van der Waals surface area contributed by atoms with Gasteiger partial charge in [-0.3, -0.25) is 14.4 Å². The highest BCUT2D eigenvalue weighted by Gasteiger charge is 2.67. The predicted molar refractivity (Wildman–Crippen MR) is 150 cm³/mol. The van der Waals surface area contributed by atoms with Gasteiger partial charge in [0.15, 0.2) is 5.82 Å². The van der Waals surface area contributed by atoms with Crippen molar-refractivity contribution in [1.29, 1.82) is 0 Å². The molecule has 3 aromatic carbocycles. The van der Waals surface area contributed by atoms with Crippen molar-refractivity contribution >= 4 is 69.6 Å². The van der Waals surface area contributed by atoms with Crippen LogP contribution < -0.4 is 16.0 Å². The molecule has 0 aromatic heterocycles. The van der Waals surface area contributed by atoms with Crippen LogP contribution in [0.3, 0.4) is 0 Å². The topological polar surface area (TPSA) is 87.3 Å². The molecular formula is C28H18Cl3F6N3O3. The van der Waals surface area contributed by atoms with E-state index in [4.69, 9.17) is 34.8 Å². The lowest BCUT2D eigenvalue weighted by atomic mass is 10.0. The third-order valence-corrected chi connectivity index (χ3v) is 7.67. The number of carbonyl (C=O) groups excluding carboxylic acids is 3. The van der Waals surface area contributed by atoms with Crippen molar-refractivity contribution in [2.45, 2.75) is 22.8 Å². The number of anilines is 3. The van der Waals surface area contributed by atoms with Gasteiger partial charge in [-0.15, -0.1) is 29.8 Å². The average molecular weight is 665 g/mol. The molecule has 1 fully saturated rings. The molecular weight excluding hydrogens is 647 g/mol. The van der Waals surface area contributed by atoms with Gasteiger partial charge >= 0.3 is 6.18 Å². The van der Waals surface area contributed by atoms with Crippen LogP contribution in [0.1, 0.15) is 33.8 Å². The summed E-state index contributed by atoms with van der Waals surface area (Å²) in [5.74, 6) is -8.80. The van der Waals surface area contributed by atoms with Crippen LogP contribution in [0, 0.1) is 23.4 Å². The molecule has 3 N–H and O–H groups in total. The molecule has 6 nitrogen and oxygen atoms in total. The molecule has 4 rings (SSSR count). The number of hydrogen-bond acceptors (Lipinski definition) is 3. The average Bonchev–Trinajstić information content (AvgIpc) is 3.50. The number of hydrogen-bond donors (Lipinski definition) is 3. The van der Waals surface area contributed by atoms with Crippen molar-refractivity contribution in [3.05, 3.63) is 100 Å². The number of rotatable bonds is 8. The van der Waals surface area contributed by atoms with Gasteiger partial charge in [0.25, 0.3) is 5.91 Å². The van der Waals surface area contributed by atoms with Crippen molar-refractivity contribution in [3.63, 3.8) is 0 Å². The number of amides is 3. The Hall–Kier alpha value is -3.74. The Labute approximate surface area is 255 Å². The summed E-state index contributed by atoms with van der Waals surface area (Å²) in [4.78, 5) is 37.7. The minimum atomic E-state index is -4.99. The van der Waals surface area contributed by atoms with Crippen LogP contribution in [-0.4, -0.2) is 22.1 Å². The first-order chi connectivity index (χ1) is 20.1. The second-order valence-electron chi connectivity index (χ2n) is 9.33. The van der Waals surface area contributed by atoms with Gasteiger partial charge < -0.3 is 16.0 Å². The van der Waals surface area contributed by atoms with E-state index >= 15 is 0 Å². The zero-order chi connectivity index (χ0) is 31.9. The summed E-state index contributed by atoms with van der Waals surface area (Å²) in [6.45, 7) is 3.36. The highest BCUT2D eigenvalue weighted by molar-refractivity contribution is 6.53. The van der Waals surface area contributed by atoms with Crippen LogP contribution in [0.4, 0.5) is 43.4 Å². The number of nitrogens with one attached hydrogen (secondary N) is 3. The molecule has 1 aliphatic carbocycles. The Morgan fingerprint density at radius 1 is 0.930 bits per heavy atom. The van der Waals surface area contributed by atoms with Crippen molar-refractivity contribution in [1.82, 2.24) is 0 Å². The first kappa shape index (κ1) is 32.2. The van der Waals surface area contributed by atoms with E-state index in [1.807, 2.05) is 5.32 Å². The summed E-state index contributed by atoms with van der Waals surface area (Å²) in [7, 11) is 0. The molecule has 0 bridgehead atoms. The van der Waals surface area contributed by atoms with Gasteiger partial charge in [-0.2, -0.15) is 13.2 Å². The number of carbonyl (C=O) groups is 3. The highest BCUT2D eigenvalue weighted by Crippen LogP contribution is 2.65. The first-order valence-corrected chi connectivity index (χ1v) is 13.2. The second kappa shape index (κ2) is 12.1. The van der Waals surface area contributed by atoms with E-state index in [0.717, 1.165) is 24.3 Å². The van der Waals surface area contributed by atoms with E-state index in [1.165, 1.54) is 18.2 Å². The lowest BCUT2D eigenvalue weighted by Crippen LogP contribution is -2.19. The van der Waals surface area contributed by atoms with Gasteiger partial charge in [-0.1, -0.05) is 23.7 Å². The van der Waals surface area contributed by atoms with Gasteiger partial charge in [0.05, 0.1) is 27.8 Å². The molecule has 2 atom stereocenters. The highest BCUT2D eigenvalue weighted by atomic mass is 35.5. The van der Waals surface area contributed by atoms with E-state index in [2.05, 4.69) is 17.2 Å². The minimum absolute atomic E-state index is 0.0126. The smallest absolute Gasteiger partial charge is 0.326 e. The van der Waals surface area contributed by atoms with Crippen LogP contribution in [0.5, 0.6) is 0 Å². The predicted octanol–water partition coefficient (Wildman–Crippen LogP) is 8.07. The first-order valence-electron chi connectivity index (χ1n) is 12.1. The largest absolute Gasteiger partial charge is 0.419 e. The third kappa shape index (κ3) is 6.76. The minimum Gasteiger partial charge on any atom is -0.326 e. The molecule has 0 saturated heterocycles. The molecule has 0 spiro atoms. The number of benzene rings is 3. The quantitative estimate of drug-likeness (QED) is 0.129. The Bertz CT molecular complexity index is 1650. The van der Waals surface area contributed by atoms with Crippen LogP contribution in [0.15, 0.2) is 61.2 Å². The Morgan fingerprint density at radius 2 is 1.60 bits per heavy atom.